The second-order valence-electron chi connectivity index (χ2n) is 5.95. The van der Waals surface area contributed by atoms with Gasteiger partial charge in [0, 0.05) is 32.2 Å². The van der Waals surface area contributed by atoms with E-state index in [9.17, 15) is 8.42 Å². The molecule has 1 aliphatic carbocycles. The molecule has 2 aliphatic rings. The van der Waals surface area contributed by atoms with Gasteiger partial charge in [0.1, 0.15) is 0 Å². The summed E-state index contributed by atoms with van der Waals surface area (Å²) in [5.41, 5.74) is 5.63. The fourth-order valence-corrected chi connectivity index (χ4v) is 5.33. The van der Waals surface area contributed by atoms with Gasteiger partial charge in [0.05, 0.1) is 0 Å². The molecular formula is C13H27N3O2S. The van der Waals surface area contributed by atoms with Gasteiger partial charge in [-0.05, 0) is 31.6 Å². The Kier molecular flexibility index (Phi) is 5.22. The van der Waals surface area contributed by atoms with Crippen molar-refractivity contribution in [3.05, 3.63) is 0 Å². The van der Waals surface area contributed by atoms with E-state index in [4.69, 9.17) is 5.73 Å². The van der Waals surface area contributed by atoms with Crippen molar-refractivity contribution >= 4 is 10.2 Å². The van der Waals surface area contributed by atoms with Crippen molar-refractivity contribution in [2.75, 3.05) is 26.2 Å². The summed E-state index contributed by atoms with van der Waals surface area (Å²) in [6.07, 6.45) is 6.36. The molecule has 0 aromatic carbocycles. The van der Waals surface area contributed by atoms with E-state index >= 15 is 0 Å². The molecule has 1 saturated carbocycles. The molecule has 0 aromatic heterocycles. The Hall–Kier alpha value is -0.170. The van der Waals surface area contributed by atoms with Gasteiger partial charge in [0.2, 0.25) is 0 Å². The van der Waals surface area contributed by atoms with E-state index in [-0.39, 0.29) is 6.04 Å². The van der Waals surface area contributed by atoms with Gasteiger partial charge in [0.25, 0.3) is 10.2 Å². The molecule has 2 fully saturated rings. The van der Waals surface area contributed by atoms with Crippen LogP contribution in [-0.4, -0.2) is 49.2 Å². The van der Waals surface area contributed by atoms with Gasteiger partial charge in [-0.15, -0.1) is 0 Å². The highest BCUT2D eigenvalue weighted by Gasteiger charge is 2.37. The maximum absolute atomic E-state index is 12.8. The second kappa shape index (κ2) is 6.52. The first-order valence-electron chi connectivity index (χ1n) is 7.52. The van der Waals surface area contributed by atoms with E-state index in [0.29, 0.717) is 32.1 Å². The van der Waals surface area contributed by atoms with E-state index in [2.05, 4.69) is 6.92 Å². The fraction of sp³-hybridized carbons (Fsp3) is 1.00. The first kappa shape index (κ1) is 15.2. The van der Waals surface area contributed by atoms with Crippen LogP contribution in [0.4, 0.5) is 0 Å². The predicted octanol–water partition coefficient (Wildman–Crippen LogP) is 1.17. The van der Waals surface area contributed by atoms with Crippen molar-refractivity contribution < 1.29 is 8.42 Å². The van der Waals surface area contributed by atoms with Gasteiger partial charge in [-0.1, -0.05) is 19.8 Å². The van der Waals surface area contributed by atoms with Gasteiger partial charge in [-0.2, -0.15) is 17.0 Å². The average Bonchev–Trinajstić information content (AvgIpc) is 2.89. The molecule has 19 heavy (non-hydrogen) atoms. The zero-order valence-corrected chi connectivity index (χ0v) is 12.7. The summed E-state index contributed by atoms with van der Waals surface area (Å²) in [6.45, 7) is 4.32. The van der Waals surface area contributed by atoms with E-state index in [0.717, 1.165) is 38.5 Å². The molecule has 5 nitrogen and oxygen atoms in total. The lowest BCUT2D eigenvalue weighted by Crippen LogP contribution is -2.52. The average molecular weight is 289 g/mol. The summed E-state index contributed by atoms with van der Waals surface area (Å²) < 4.78 is 29.0. The Morgan fingerprint density at radius 1 is 1.21 bits per heavy atom. The van der Waals surface area contributed by atoms with E-state index in [1.54, 1.807) is 8.61 Å². The summed E-state index contributed by atoms with van der Waals surface area (Å²) in [5, 5.41) is 0. The molecule has 0 bridgehead atoms. The first-order chi connectivity index (χ1) is 9.05. The Bertz CT molecular complexity index is 379. The van der Waals surface area contributed by atoms with Crippen LogP contribution in [0.25, 0.3) is 0 Å². The minimum atomic E-state index is -3.32. The van der Waals surface area contributed by atoms with Crippen molar-refractivity contribution in [2.24, 2.45) is 11.7 Å². The first-order valence-corrected chi connectivity index (χ1v) is 8.92. The lowest BCUT2D eigenvalue weighted by molar-refractivity contribution is 0.240. The zero-order valence-electron chi connectivity index (χ0n) is 11.9. The summed E-state index contributed by atoms with van der Waals surface area (Å²) in [6, 6.07) is 0.172. The molecule has 1 unspecified atom stereocenters. The molecule has 0 radical (unpaired) electrons. The second-order valence-corrected chi connectivity index (χ2v) is 7.83. The third-order valence-corrected chi connectivity index (χ3v) is 6.38. The molecule has 1 atom stereocenters. The third kappa shape index (κ3) is 3.48. The van der Waals surface area contributed by atoms with Crippen molar-refractivity contribution in [3.63, 3.8) is 0 Å². The molecule has 6 heteroatoms. The summed E-state index contributed by atoms with van der Waals surface area (Å²) >= 11 is 0. The SMILES string of the molecule is CC1CCCN(S(=O)(=O)N(CCN)C2CCCC2)C1. The van der Waals surface area contributed by atoms with Gasteiger partial charge < -0.3 is 5.73 Å². The molecule has 112 valence electrons. The fourth-order valence-electron chi connectivity index (χ4n) is 3.31. The number of hydrogen-bond acceptors (Lipinski definition) is 3. The normalized spacial score (nSPS) is 27.2. The third-order valence-electron chi connectivity index (χ3n) is 4.32. The standard InChI is InChI=1S/C13H27N3O2S/c1-12-5-4-9-15(11-12)19(17,18)16(10-8-14)13-6-2-3-7-13/h12-13H,2-11,14H2,1H3. The van der Waals surface area contributed by atoms with Crippen LogP contribution < -0.4 is 5.73 Å². The number of hydrogen-bond donors (Lipinski definition) is 1. The number of rotatable bonds is 5. The van der Waals surface area contributed by atoms with E-state index in [1.807, 2.05) is 0 Å². The highest BCUT2D eigenvalue weighted by molar-refractivity contribution is 7.86. The number of piperidine rings is 1. The highest BCUT2D eigenvalue weighted by Crippen LogP contribution is 2.28. The van der Waals surface area contributed by atoms with Crippen LogP contribution in [0, 0.1) is 5.92 Å². The van der Waals surface area contributed by atoms with Crippen molar-refractivity contribution in [1.29, 1.82) is 0 Å². The van der Waals surface area contributed by atoms with E-state index in [1.165, 1.54) is 0 Å². The van der Waals surface area contributed by atoms with Gasteiger partial charge in [-0.3, -0.25) is 0 Å². The van der Waals surface area contributed by atoms with E-state index < -0.39 is 10.2 Å². The monoisotopic (exact) mass is 289 g/mol. The Labute approximate surface area is 117 Å². The van der Waals surface area contributed by atoms with Crippen LogP contribution in [0.1, 0.15) is 45.4 Å². The summed E-state index contributed by atoms with van der Waals surface area (Å²) in [4.78, 5) is 0. The van der Waals surface area contributed by atoms with Crippen LogP contribution >= 0.6 is 0 Å². The Morgan fingerprint density at radius 2 is 1.89 bits per heavy atom. The van der Waals surface area contributed by atoms with Crippen molar-refractivity contribution in [3.8, 4) is 0 Å². The smallest absolute Gasteiger partial charge is 0.282 e. The zero-order chi connectivity index (χ0) is 13.9. The molecule has 1 aliphatic heterocycles. The quantitative estimate of drug-likeness (QED) is 0.826. The molecule has 0 amide bonds. The molecule has 0 aromatic rings. The molecule has 1 saturated heterocycles. The van der Waals surface area contributed by atoms with Crippen LogP contribution in [0.15, 0.2) is 0 Å². The van der Waals surface area contributed by atoms with Crippen LogP contribution in [-0.2, 0) is 10.2 Å². The maximum atomic E-state index is 12.8. The van der Waals surface area contributed by atoms with Gasteiger partial charge in [-0.25, -0.2) is 0 Å². The lowest BCUT2D eigenvalue weighted by Gasteiger charge is -2.36. The highest BCUT2D eigenvalue weighted by atomic mass is 32.2. The molecule has 0 spiro atoms. The minimum Gasteiger partial charge on any atom is -0.329 e. The predicted molar refractivity (Wildman–Crippen MR) is 76.9 cm³/mol. The maximum Gasteiger partial charge on any atom is 0.282 e. The lowest BCUT2D eigenvalue weighted by atomic mass is 10.0. The largest absolute Gasteiger partial charge is 0.329 e. The minimum absolute atomic E-state index is 0.172. The van der Waals surface area contributed by atoms with Crippen LogP contribution in [0.5, 0.6) is 0 Å². The van der Waals surface area contributed by atoms with Crippen molar-refractivity contribution in [1.82, 2.24) is 8.61 Å². The summed E-state index contributed by atoms with van der Waals surface area (Å²) in [5.74, 6) is 0.465. The molecule has 2 N–H and O–H groups in total. The molecule has 2 rings (SSSR count). The summed E-state index contributed by atoms with van der Waals surface area (Å²) in [7, 11) is -3.32. The molecule has 1 heterocycles. The van der Waals surface area contributed by atoms with Crippen LogP contribution in [0.2, 0.25) is 0 Å². The topological polar surface area (TPSA) is 66.6 Å². The van der Waals surface area contributed by atoms with Gasteiger partial charge >= 0.3 is 0 Å². The van der Waals surface area contributed by atoms with Gasteiger partial charge in [0.15, 0.2) is 0 Å². The molecular weight excluding hydrogens is 262 g/mol. The Morgan fingerprint density at radius 3 is 2.47 bits per heavy atom. The van der Waals surface area contributed by atoms with Crippen LogP contribution in [0.3, 0.4) is 0 Å². The van der Waals surface area contributed by atoms with Crippen molar-refractivity contribution in [2.45, 2.75) is 51.5 Å². The number of nitrogens with zero attached hydrogens (tertiary/aromatic N) is 2. The number of nitrogens with two attached hydrogens (primary N) is 1. The Balaban J connectivity index is 2.13.